The minimum atomic E-state index is 0.0498. The van der Waals surface area contributed by atoms with Gasteiger partial charge < -0.3 is 10.5 Å². The highest BCUT2D eigenvalue weighted by molar-refractivity contribution is 5.15. The molecule has 0 amide bonds. The maximum atomic E-state index is 6.06. The van der Waals surface area contributed by atoms with Gasteiger partial charge in [0.25, 0.3) is 0 Å². The first-order valence-corrected chi connectivity index (χ1v) is 7.20. The summed E-state index contributed by atoms with van der Waals surface area (Å²) in [6.45, 7) is 4.69. The van der Waals surface area contributed by atoms with Crippen molar-refractivity contribution in [1.29, 1.82) is 0 Å². The van der Waals surface area contributed by atoms with E-state index >= 15 is 0 Å². The van der Waals surface area contributed by atoms with E-state index < -0.39 is 0 Å². The van der Waals surface area contributed by atoms with Crippen molar-refractivity contribution in [3.8, 4) is 0 Å². The normalized spacial score (nSPS) is 22.6. The van der Waals surface area contributed by atoms with Crippen LogP contribution in [0.25, 0.3) is 0 Å². The van der Waals surface area contributed by atoms with E-state index in [1.165, 1.54) is 5.56 Å². The van der Waals surface area contributed by atoms with Crippen LogP contribution in [0.1, 0.15) is 25.3 Å². The molecule has 3 nitrogen and oxygen atoms in total. The Labute approximate surface area is 116 Å². The molecule has 19 heavy (non-hydrogen) atoms. The summed E-state index contributed by atoms with van der Waals surface area (Å²) in [5, 5.41) is 0. The maximum absolute atomic E-state index is 6.06. The van der Waals surface area contributed by atoms with Crippen LogP contribution in [0.4, 0.5) is 0 Å². The maximum Gasteiger partial charge on any atom is 0.0622 e. The van der Waals surface area contributed by atoms with Crippen LogP contribution in [0.2, 0.25) is 0 Å². The van der Waals surface area contributed by atoms with Crippen molar-refractivity contribution in [2.24, 2.45) is 5.73 Å². The lowest BCUT2D eigenvalue weighted by Crippen LogP contribution is -2.54. The summed E-state index contributed by atoms with van der Waals surface area (Å²) in [6.07, 6.45) is 3.28. The molecule has 1 saturated heterocycles. The number of hydrogen-bond donors (Lipinski definition) is 1. The summed E-state index contributed by atoms with van der Waals surface area (Å²) in [6, 6.07) is 11.2. The fourth-order valence-corrected chi connectivity index (χ4v) is 2.75. The van der Waals surface area contributed by atoms with Crippen molar-refractivity contribution in [3.63, 3.8) is 0 Å². The van der Waals surface area contributed by atoms with Crippen LogP contribution < -0.4 is 5.73 Å². The molecule has 0 radical (unpaired) electrons. The molecule has 0 spiro atoms. The summed E-state index contributed by atoms with van der Waals surface area (Å²) in [5.41, 5.74) is 7.49. The van der Waals surface area contributed by atoms with Gasteiger partial charge in [-0.2, -0.15) is 0 Å². The van der Waals surface area contributed by atoms with E-state index in [1.807, 2.05) is 0 Å². The van der Waals surface area contributed by atoms with Gasteiger partial charge in [0.1, 0.15) is 0 Å². The highest BCUT2D eigenvalue weighted by Crippen LogP contribution is 2.25. The molecule has 1 aliphatic heterocycles. The number of rotatable bonds is 6. The van der Waals surface area contributed by atoms with E-state index in [0.717, 1.165) is 32.5 Å². The number of nitrogens with zero attached hydrogens (tertiary/aromatic N) is 1. The van der Waals surface area contributed by atoms with Crippen LogP contribution in [0.15, 0.2) is 30.3 Å². The summed E-state index contributed by atoms with van der Waals surface area (Å²) in [5.74, 6) is 0. The highest BCUT2D eigenvalue weighted by Gasteiger charge is 2.34. The number of likely N-dealkylation sites (N-methyl/N-ethyl adjacent to an activating group) is 1. The lowest BCUT2D eigenvalue weighted by molar-refractivity contribution is 0.0723. The van der Waals surface area contributed by atoms with E-state index in [-0.39, 0.29) is 5.54 Å². The molecule has 1 aromatic carbocycles. The Morgan fingerprint density at radius 2 is 2.11 bits per heavy atom. The van der Waals surface area contributed by atoms with Crippen molar-refractivity contribution < 1.29 is 4.74 Å². The molecule has 2 rings (SSSR count). The van der Waals surface area contributed by atoms with E-state index in [2.05, 4.69) is 49.2 Å². The first-order chi connectivity index (χ1) is 9.15. The Balaban J connectivity index is 1.96. The van der Waals surface area contributed by atoms with Crippen molar-refractivity contribution in [2.45, 2.75) is 37.8 Å². The molecule has 1 aliphatic rings. The minimum absolute atomic E-state index is 0.0498. The largest absolute Gasteiger partial charge is 0.380 e. The zero-order chi connectivity index (χ0) is 13.7. The average molecular weight is 262 g/mol. The second kappa shape index (κ2) is 6.51. The third-order valence-corrected chi connectivity index (χ3v) is 4.54. The second-order valence-corrected chi connectivity index (χ2v) is 5.81. The van der Waals surface area contributed by atoms with E-state index in [9.17, 15) is 0 Å². The van der Waals surface area contributed by atoms with Crippen LogP contribution in [0.3, 0.4) is 0 Å². The predicted molar refractivity (Wildman–Crippen MR) is 79.2 cm³/mol. The van der Waals surface area contributed by atoms with Gasteiger partial charge in [-0.1, -0.05) is 30.3 Å². The monoisotopic (exact) mass is 262 g/mol. The third-order valence-electron chi connectivity index (χ3n) is 4.54. The Kier molecular flexibility index (Phi) is 4.97. The summed E-state index contributed by atoms with van der Waals surface area (Å²) >= 11 is 0. The van der Waals surface area contributed by atoms with Crippen molar-refractivity contribution in [3.05, 3.63) is 35.9 Å². The number of benzene rings is 1. The van der Waals surface area contributed by atoms with Gasteiger partial charge in [-0.25, -0.2) is 0 Å². The van der Waals surface area contributed by atoms with Gasteiger partial charge in [-0.15, -0.1) is 0 Å². The molecule has 0 bridgehead atoms. The van der Waals surface area contributed by atoms with Crippen molar-refractivity contribution in [2.75, 3.05) is 26.8 Å². The molecule has 106 valence electrons. The van der Waals surface area contributed by atoms with Gasteiger partial charge in [0.15, 0.2) is 0 Å². The van der Waals surface area contributed by atoms with E-state index in [1.54, 1.807) is 0 Å². The zero-order valence-electron chi connectivity index (χ0n) is 12.1. The standard InChI is InChI=1S/C16H26N2O/c1-16(13-17,18(2)15-9-11-19-12-15)10-8-14-6-4-3-5-7-14/h3-7,15H,8-13,17H2,1-2H3. The number of ether oxygens (including phenoxy) is 1. The SMILES string of the molecule is CN(C1CCOC1)C(C)(CN)CCc1ccccc1. The van der Waals surface area contributed by atoms with Crippen LogP contribution in [0, 0.1) is 0 Å². The number of hydrogen-bond acceptors (Lipinski definition) is 3. The molecular weight excluding hydrogens is 236 g/mol. The molecular formula is C16H26N2O. The predicted octanol–water partition coefficient (Wildman–Crippen LogP) is 2.06. The molecule has 3 heteroatoms. The Hall–Kier alpha value is -0.900. The van der Waals surface area contributed by atoms with Gasteiger partial charge in [-0.05, 0) is 38.8 Å². The van der Waals surface area contributed by atoms with E-state index in [4.69, 9.17) is 10.5 Å². The molecule has 1 heterocycles. The second-order valence-electron chi connectivity index (χ2n) is 5.81. The fraction of sp³-hybridized carbons (Fsp3) is 0.625. The van der Waals surface area contributed by atoms with Crippen LogP contribution in [-0.2, 0) is 11.2 Å². The topological polar surface area (TPSA) is 38.5 Å². The number of aryl methyl sites for hydroxylation is 1. The summed E-state index contributed by atoms with van der Waals surface area (Å²) in [7, 11) is 2.19. The third kappa shape index (κ3) is 3.56. The fourth-order valence-electron chi connectivity index (χ4n) is 2.75. The Morgan fingerprint density at radius 1 is 1.37 bits per heavy atom. The minimum Gasteiger partial charge on any atom is -0.380 e. The molecule has 0 saturated carbocycles. The van der Waals surface area contributed by atoms with Crippen molar-refractivity contribution in [1.82, 2.24) is 4.90 Å². The molecule has 2 unspecified atom stereocenters. The average Bonchev–Trinajstić information content (AvgIpc) is 2.99. The summed E-state index contributed by atoms with van der Waals surface area (Å²) < 4.78 is 5.50. The van der Waals surface area contributed by atoms with E-state index in [0.29, 0.717) is 12.6 Å². The molecule has 0 aliphatic carbocycles. The Bertz CT molecular complexity index is 376. The van der Waals surface area contributed by atoms with Crippen molar-refractivity contribution >= 4 is 0 Å². The smallest absolute Gasteiger partial charge is 0.0622 e. The lowest BCUT2D eigenvalue weighted by atomic mass is 9.90. The summed E-state index contributed by atoms with van der Waals surface area (Å²) in [4.78, 5) is 2.43. The molecule has 2 N–H and O–H groups in total. The highest BCUT2D eigenvalue weighted by atomic mass is 16.5. The lowest BCUT2D eigenvalue weighted by Gasteiger charge is -2.41. The molecule has 1 aromatic rings. The van der Waals surface area contributed by atoms with Gasteiger partial charge in [0.05, 0.1) is 6.61 Å². The van der Waals surface area contributed by atoms with Gasteiger partial charge in [-0.3, -0.25) is 4.90 Å². The Morgan fingerprint density at radius 3 is 2.68 bits per heavy atom. The molecule has 1 fully saturated rings. The first kappa shape index (κ1) is 14.5. The quantitative estimate of drug-likeness (QED) is 0.853. The van der Waals surface area contributed by atoms with Crippen LogP contribution in [-0.4, -0.2) is 43.3 Å². The van der Waals surface area contributed by atoms with Gasteiger partial charge in [0, 0.05) is 24.7 Å². The number of nitrogens with two attached hydrogens (primary N) is 1. The van der Waals surface area contributed by atoms with Crippen LogP contribution in [0.5, 0.6) is 0 Å². The zero-order valence-corrected chi connectivity index (χ0v) is 12.1. The van der Waals surface area contributed by atoms with Gasteiger partial charge in [0.2, 0.25) is 0 Å². The van der Waals surface area contributed by atoms with Gasteiger partial charge >= 0.3 is 0 Å². The van der Waals surface area contributed by atoms with Crippen LogP contribution >= 0.6 is 0 Å². The first-order valence-electron chi connectivity index (χ1n) is 7.20. The molecule has 2 atom stereocenters. The molecule has 0 aromatic heterocycles.